The number of rotatable bonds is 3. The second kappa shape index (κ2) is 17.0. The molecule has 0 radical (unpaired) electrons. The van der Waals surface area contributed by atoms with E-state index in [4.69, 9.17) is 0 Å². The van der Waals surface area contributed by atoms with Gasteiger partial charge in [0.05, 0.1) is 0 Å². The summed E-state index contributed by atoms with van der Waals surface area (Å²) in [6, 6.07) is 0. The molecule has 0 aromatic heterocycles. The third-order valence-corrected chi connectivity index (χ3v) is 0.533. The number of hydrogen-bond acceptors (Lipinski definition) is 4. The van der Waals surface area contributed by atoms with Crippen LogP contribution in [0.4, 0.5) is 0 Å². The molecular formula is C4H12O7Pb. The molecule has 0 atom stereocenters. The molecule has 0 aromatic rings. The van der Waals surface area contributed by atoms with Crippen molar-refractivity contribution in [3.63, 3.8) is 0 Å². The number of carbonyl (C=O) groups is 2. The molecule has 0 bridgehead atoms. The van der Waals surface area contributed by atoms with E-state index in [1.165, 1.54) is 0 Å². The summed E-state index contributed by atoms with van der Waals surface area (Å²) in [6.07, 6.45) is -0.940. The van der Waals surface area contributed by atoms with E-state index in [9.17, 15) is 19.8 Å². The maximum atomic E-state index is 9.50. The molecule has 0 spiro atoms. The molecule has 6 N–H and O–H groups in total. The molecule has 0 aliphatic carbocycles. The zero-order valence-corrected chi connectivity index (χ0v) is 11.8. The van der Waals surface area contributed by atoms with Crippen LogP contribution in [0.2, 0.25) is 0 Å². The van der Waals surface area contributed by atoms with Gasteiger partial charge in [0.15, 0.2) is 0 Å². The van der Waals surface area contributed by atoms with Crippen LogP contribution in [0.25, 0.3) is 0 Å². The predicted molar refractivity (Wildman–Crippen MR) is 38.6 cm³/mol. The molecule has 74 valence electrons. The van der Waals surface area contributed by atoms with Crippen LogP contribution in [-0.2, 0) is 9.59 Å². The summed E-state index contributed by atoms with van der Waals surface area (Å²) < 4.78 is 0. The summed E-state index contributed by atoms with van der Waals surface area (Å²) in [5.74, 6) is -2.73. The first kappa shape index (κ1) is 29.8. The van der Waals surface area contributed by atoms with Gasteiger partial charge >= 0.3 is 27.3 Å². The summed E-state index contributed by atoms with van der Waals surface area (Å²) in [7, 11) is 0. The van der Waals surface area contributed by atoms with E-state index >= 15 is 0 Å². The summed E-state index contributed by atoms with van der Waals surface area (Å²) >= 11 is 0. The van der Waals surface area contributed by atoms with Gasteiger partial charge in [0.1, 0.15) is 0 Å². The SMILES string of the molecule is O.O.O.O=C([O-])CCC(=O)[O-].[PbH2+2]. The molecule has 12 heavy (non-hydrogen) atoms. The Bertz CT molecular complexity index is 100.0. The summed E-state index contributed by atoms with van der Waals surface area (Å²) in [5.41, 5.74) is 0. The predicted octanol–water partition coefficient (Wildman–Crippen LogP) is -6.12. The Morgan fingerprint density at radius 2 is 1.00 bits per heavy atom. The van der Waals surface area contributed by atoms with Gasteiger partial charge in [-0.2, -0.15) is 0 Å². The number of hydrogen-bond donors (Lipinski definition) is 0. The van der Waals surface area contributed by atoms with Crippen molar-refractivity contribution >= 4 is 39.2 Å². The molecule has 0 saturated carbocycles. The van der Waals surface area contributed by atoms with Crippen LogP contribution in [0.15, 0.2) is 0 Å². The van der Waals surface area contributed by atoms with Crippen molar-refractivity contribution in [2.45, 2.75) is 12.8 Å². The fourth-order valence-electron chi connectivity index (χ4n) is 0.204. The van der Waals surface area contributed by atoms with Crippen LogP contribution in [0.1, 0.15) is 12.8 Å². The molecule has 0 heterocycles. The van der Waals surface area contributed by atoms with Crippen LogP contribution < -0.4 is 10.2 Å². The van der Waals surface area contributed by atoms with E-state index in [0.717, 1.165) is 0 Å². The van der Waals surface area contributed by atoms with E-state index in [0.29, 0.717) is 0 Å². The molecular weight excluding hydrogens is 367 g/mol. The quantitative estimate of drug-likeness (QED) is 0.444. The molecule has 8 heteroatoms. The van der Waals surface area contributed by atoms with Gasteiger partial charge in [-0.15, -0.1) is 0 Å². The first-order valence-electron chi connectivity index (χ1n) is 2.02. The standard InChI is InChI=1S/C4H6O4.3H2O.Pb.2H/c5-3(6)1-2-4(7)8;;;;;;/h1-2H2,(H,5,6)(H,7,8);3*1H2;;;/q;;;;+2;;/p-2. The minimum atomic E-state index is -1.37. The van der Waals surface area contributed by atoms with Crippen molar-refractivity contribution in [1.82, 2.24) is 0 Å². The molecule has 0 fully saturated rings. The molecule has 0 unspecified atom stereocenters. The monoisotopic (exact) mass is 380 g/mol. The third-order valence-electron chi connectivity index (χ3n) is 0.533. The molecule has 0 amide bonds. The van der Waals surface area contributed by atoms with Crippen molar-refractivity contribution in [2.24, 2.45) is 0 Å². The van der Waals surface area contributed by atoms with Crippen LogP contribution >= 0.6 is 0 Å². The fraction of sp³-hybridized carbons (Fsp3) is 0.500. The molecule has 0 aliphatic rings. The molecule has 0 aliphatic heterocycles. The normalized spacial score (nSPS) is 5.67. The molecule has 0 rings (SSSR count). The average Bonchev–Trinajstić information content (AvgIpc) is 1.61. The van der Waals surface area contributed by atoms with Crippen LogP contribution in [0, 0.1) is 0 Å². The van der Waals surface area contributed by atoms with Crippen LogP contribution in [0.5, 0.6) is 0 Å². The fourth-order valence-corrected chi connectivity index (χ4v) is 0.204. The Labute approximate surface area is 88.5 Å². The van der Waals surface area contributed by atoms with E-state index in [2.05, 4.69) is 0 Å². The van der Waals surface area contributed by atoms with Gasteiger partial charge in [0.25, 0.3) is 0 Å². The van der Waals surface area contributed by atoms with E-state index in [-0.39, 0.29) is 43.7 Å². The Morgan fingerprint density at radius 1 is 0.833 bits per heavy atom. The van der Waals surface area contributed by atoms with Crippen molar-refractivity contribution in [3.8, 4) is 0 Å². The Morgan fingerprint density at radius 3 is 1.08 bits per heavy atom. The zero-order valence-electron chi connectivity index (χ0n) is 6.25. The van der Waals surface area contributed by atoms with Gasteiger partial charge in [0.2, 0.25) is 0 Å². The summed E-state index contributed by atoms with van der Waals surface area (Å²) in [4.78, 5) is 19.0. The van der Waals surface area contributed by atoms with Gasteiger partial charge in [-0.05, 0) is 12.8 Å². The van der Waals surface area contributed by atoms with E-state index < -0.39 is 24.8 Å². The van der Waals surface area contributed by atoms with Crippen molar-refractivity contribution in [1.29, 1.82) is 0 Å². The van der Waals surface area contributed by atoms with Crippen molar-refractivity contribution in [2.75, 3.05) is 0 Å². The molecule has 0 saturated heterocycles. The van der Waals surface area contributed by atoms with E-state index in [1.54, 1.807) is 0 Å². The molecule has 0 aromatic carbocycles. The summed E-state index contributed by atoms with van der Waals surface area (Å²) in [5, 5.41) is 19.0. The number of carbonyl (C=O) groups excluding carboxylic acids is 2. The maximum absolute atomic E-state index is 9.50. The van der Waals surface area contributed by atoms with Gasteiger partial charge < -0.3 is 36.2 Å². The van der Waals surface area contributed by atoms with Crippen molar-refractivity contribution in [3.05, 3.63) is 0 Å². The van der Waals surface area contributed by atoms with Gasteiger partial charge in [0, 0.05) is 11.9 Å². The number of aliphatic carboxylic acids is 2. The first-order chi connectivity index (χ1) is 3.63. The number of carboxylic acids is 2. The Balaban J connectivity index is -0.0000000408. The average molecular weight is 379 g/mol. The zero-order chi connectivity index (χ0) is 6.57. The topological polar surface area (TPSA) is 175 Å². The third kappa shape index (κ3) is 33.1. The second-order valence-electron chi connectivity index (χ2n) is 1.24. The van der Waals surface area contributed by atoms with Crippen LogP contribution in [-0.4, -0.2) is 55.7 Å². The summed E-state index contributed by atoms with van der Waals surface area (Å²) in [6.45, 7) is 0. The van der Waals surface area contributed by atoms with Gasteiger partial charge in [-0.1, -0.05) is 0 Å². The number of carboxylic acid groups (broad SMARTS) is 2. The van der Waals surface area contributed by atoms with E-state index in [1.807, 2.05) is 0 Å². The second-order valence-corrected chi connectivity index (χ2v) is 1.24. The Hall–Kier alpha value is -0.258. The Kier molecular flexibility index (Phi) is 42.3. The minimum absolute atomic E-state index is 0. The first-order valence-corrected chi connectivity index (χ1v) is 2.02. The molecule has 7 nitrogen and oxygen atoms in total. The van der Waals surface area contributed by atoms with Gasteiger partial charge in [-0.25, -0.2) is 0 Å². The van der Waals surface area contributed by atoms with Crippen LogP contribution in [0.3, 0.4) is 0 Å². The van der Waals surface area contributed by atoms with Crippen molar-refractivity contribution < 1.29 is 36.2 Å². The van der Waals surface area contributed by atoms with Gasteiger partial charge in [-0.3, -0.25) is 0 Å².